The molecule has 22 heavy (non-hydrogen) atoms. The number of carbonyl (C=O) groups excluding carboxylic acids is 1. The number of likely N-dealkylation sites (tertiary alicyclic amines) is 1. The first-order valence-corrected chi connectivity index (χ1v) is 6.09. The summed E-state index contributed by atoms with van der Waals surface area (Å²) in [6.07, 6.45) is 7.66. The minimum atomic E-state index is -0.0815. The molecular weight excluding hydrogens is 330 g/mol. The average molecular weight is 349 g/mol. The minimum absolute atomic E-state index is 0. The number of allylic oxidation sites excluding steroid dienone is 2. The van der Waals surface area contributed by atoms with E-state index >= 15 is 0 Å². The van der Waals surface area contributed by atoms with Gasteiger partial charge in [0.1, 0.15) is 6.04 Å². The maximum Gasteiger partial charge on any atom is 0 e. The van der Waals surface area contributed by atoms with Crippen molar-refractivity contribution in [1.82, 2.24) is 4.90 Å². The zero-order valence-electron chi connectivity index (χ0n) is 12.4. The molecule has 0 aromatic rings. The van der Waals surface area contributed by atoms with E-state index in [-0.39, 0.29) is 29.1 Å². The van der Waals surface area contributed by atoms with Gasteiger partial charge in [0.25, 0.3) is 0 Å². The van der Waals surface area contributed by atoms with Crippen molar-refractivity contribution in [3.8, 4) is 0 Å². The molecule has 6 nitrogen and oxygen atoms in total. The van der Waals surface area contributed by atoms with Crippen LogP contribution in [0.25, 0.3) is 0 Å². The Morgan fingerprint density at radius 3 is 2.32 bits per heavy atom. The van der Waals surface area contributed by atoms with Gasteiger partial charge in [0.15, 0.2) is 0 Å². The van der Waals surface area contributed by atoms with Gasteiger partial charge < -0.3 is 4.74 Å². The summed E-state index contributed by atoms with van der Waals surface area (Å²) < 4.78 is 27.5. The molecule has 0 amide bonds. The maximum absolute atomic E-state index is 11.6. The van der Waals surface area contributed by atoms with Crippen molar-refractivity contribution in [1.29, 1.82) is 0 Å². The van der Waals surface area contributed by atoms with E-state index in [2.05, 4.69) is 31.4 Å². The Balaban J connectivity index is -0.000000206. The summed E-state index contributed by atoms with van der Waals surface area (Å²) in [7, 11) is 0. The van der Waals surface area contributed by atoms with E-state index in [9.17, 15) is 4.79 Å². The van der Waals surface area contributed by atoms with E-state index in [0.29, 0.717) is 6.61 Å². The molecule has 0 aromatic carbocycles. The van der Waals surface area contributed by atoms with E-state index in [0.717, 1.165) is 25.9 Å². The summed E-state index contributed by atoms with van der Waals surface area (Å²) in [5, 5.41) is 0. The zero-order chi connectivity index (χ0) is 17.1. The predicted molar refractivity (Wildman–Crippen MR) is 72.4 cm³/mol. The fourth-order valence-electron chi connectivity index (χ4n) is 1.84. The minimum Gasteiger partial charge on any atom is 0 e. The van der Waals surface area contributed by atoms with Gasteiger partial charge in [-0.1, -0.05) is 24.8 Å². The predicted octanol–water partition coefficient (Wildman–Crippen LogP) is 1.64. The Kier molecular flexibility index (Phi) is 32.2. The first kappa shape index (κ1) is 28.8. The Hall–Kier alpha value is -1.35. The van der Waals surface area contributed by atoms with Gasteiger partial charge in [-0.15, -0.1) is 0 Å². The number of nitrogens with zero attached hydrogens (tertiary/aromatic N) is 1. The molecule has 0 radical (unpaired) electrons. The third kappa shape index (κ3) is 13.6. The summed E-state index contributed by atoms with van der Waals surface area (Å²) in [5.74, 6) is -0.0815. The molecule has 1 aliphatic rings. The Morgan fingerprint density at radius 2 is 1.86 bits per heavy atom. The van der Waals surface area contributed by atoms with Crippen LogP contribution in [-0.2, 0) is 40.6 Å². The summed E-state index contributed by atoms with van der Waals surface area (Å²) >= 11 is 0. The van der Waals surface area contributed by atoms with E-state index in [1.54, 1.807) is 6.08 Å². The van der Waals surface area contributed by atoms with Crippen molar-refractivity contribution in [3.05, 3.63) is 44.8 Å². The first-order chi connectivity index (χ1) is 10.3. The molecule has 0 bridgehead atoms. The Labute approximate surface area is 142 Å². The molecule has 7 heteroatoms. The third-order valence-electron chi connectivity index (χ3n) is 2.53. The quantitative estimate of drug-likeness (QED) is 0.248. The number of hydrogen-bond acceptors (Lipinski definition) is 3. The van der Waals surface area contributed by atoms with Crippen molar-refractivity contribution in [2.75, 3.05) is 19.7 Å². The molecule has 1 saturated heterocycles. The topological polar surface area (TPSA) is 89.2 Å². The van der Waals surface area contributed by atoms with Gasteiger partial charge >= 0.3 is 39.9 Å². The Bertz CT molecular complexity index is 348. The first-order valence-electron chi connectivity index (χ1n) is 6.09. The van der Waals surface area contributed by atoms with Crippen LogP contribution >= 0.6 is 0 Å². The van der Waals surface area contributed by atoms with Crippen LogP contribution in [0.1, 0.15) is 19.8 Å². The van der Waals surface area contributed by atoms with Gasteiger partial charge in [-0.2, -0.15) is 0 Å². The van der Waals surface area contributed by atoms with E-state index < -0.39 is 0 Å². The van der Waals surface area contributed by atoms with Gasteiger partial charge in [0.2, 0.25) is 0 Å². The molecule has 1 rings (SSSR count). The molecule has 0 aromatic heterocycles. The largest absolute Gasteiger partial charge is 0 e. The van der Waals surface area contributed by atoms with Crippen molar-refractivity contribution in [3.63, 3.8) is 0 Å². The van der Waals surface area contributed by atoms with Crippen LogP contribution in [0.3, 0.4) is 0 Å². The zero-order valence-corrected chi connectivity index (χ0v) is 13.5. The number of ether oxygens (including phenoxy) is 1. The van der Waals surface area contributed by atoms with Crippen LogP contribution in [0, 0.1) is 20.0 Å². The summed E-state index contributed by atoms with van der Waals surface area (Å²) in [6.45, 7) is 21.2. The van der Waals surface area contributed by atoms with Gasteiger partial charge in [0.05, 0.1) is 6.61 Å². The normalized spacial score (nSPS) is 15.3. The van der Waals surface area contributed by atoms with Crippen molar-refractivity contribution in [2.24, 2.45) is 0 Å². The van der Waals surface area contributed by atoms with Crippen LogP contribution in [0.4, 0.5) is 0 Å². The van der Waals surface area contributed by atoms with Gasteiger partial charge in [-0.25, -0.2) is 0 Å². The summed E-state index contributed by atoms with van der Waals surface area (Å²) in [4.78, 5) is 13.7. The number of hydrogen-bond donors (Lipinski definition) is 0. The summed E-state index contributed by atoms with van der Waals surface area (Å²) in [6, 6.07) is -0.0422. The second kappa shape index (κ2) is 24.7. The van der Waals surface area contributed by atoms with Crippen LogP contribution in [0.2, 0.25) is 0 Å². The number of carbonyl (C=O) groups is 1. The van der Waals surface area contributed by atoms with Gasteiger partial charge in [0, 0.05) is 23.6 Å². The molecule has 1 heterocycles. The van der Waals surface area contributed by atoms with Crippen molar-refractivity contribution in [2.45, 2.75) is 25.8 Å². The number of esters is 1. The Morgan fingerprint density at radius 1 is 1.32 bits per heavy atom. The fourth-order valence-corrected chi connectivity index (χ4v) is 1.84. The average Bonchev–Trinajstić information content (AvgIpc) is 3.02. The van der Waals surface area contributed by atoms with Crippen molar-refractivity contribution < 1.29 is 40.6 Å². The van der Waals surface area contributed by atoms with Crippen LogP contribution in [0.15, 0.2) is 24.8 Å². The standard InChI is InChI=1S/C12H19NO2.3CO.Fe/c1-3-5-6-9-13-10-7-8-11(13)12(14)15-4-2;3*1-2;/h3,5-6,11H,1,4,7-10H2,2H3;;;;/b6-5-;;;;. The molecule has 1 fully saturated rings. The second-order valence-electron chi connectivity index (χ2n) is 3.57. The monoisotopic (exact) mass is 349 g/mol. The molecule has 1 atom stereocenters. The molecule has 0 N–H and O–H groups in total. The smallest absolute Gasteiger partial charge is 0 e. The number of rotatable bonds is 5. The second-order valence-corrected chi connectivity index (χ2v) is 3.57. The van der Waals surface area contributed by atoms with Crippen LogP contribution in [-0.4, -0.2) is 36.6 Å². The SMILES string of the molecule is C=C/C=C\CN1CCCC1C(=O)OCC.[C-]#[O+].[C-]#[O+].[C-]#[O+].[Fe]. The fraction of sp³-hybridized carbons (Fsp3) is 0.467. The van der Waals surface area contributed by atoms with E-state index in [1.807, 2.05) is 19.1 Å². The third-order valence-corrected chi connectivity index (χ3v) is 2.53. The van der Waals surface area contributed by atoms with Crippen LogP contribution in [0.5, 0.6) is 0 Å². The van der Waals surface area contributed by atoms with Crippen LogP contribution < -0.4 is 0 Å². The van der Waals surface area contributed by atoms with E-state index in [1.165, 1.54) is 0 Å². The molecule has 0 saturated carbocycles. The summed E-state index contributed by atoms with van der Waals surface area (Å²) in [5.41, 5.74) is 0. The molecular formula is C15H19FeNO5. The molecule has 0 spiro atoms. The van der Waals surface area contributed by atoms with Crippen molar-refractivity contribution >= 4 is 5.97 Å². The molecule has 0 aliphatic carbocycles. The maximum atomic E-state index is 11.6. The molecule has 1 aliphatic heterocycles. The molecule has 122 valence electrons. The van der Waals surface area contributed by atoms with Gasteiger partial charge in [-0.05, 0) is 26.3 Å². The van der Waals surface area contributed by atoms with Gasteiger partial charge in [-0.3, -0.25) is 9.69 Å². The molecule has 1 unspecified atom stereocenters. The van der Waals surface area contributed by atoms with E-state index in [4.69, 9.17) is 18.7 Å².